The van der Waals surface area contributed by atoms with Gasteiger partial charge in [0, 0.05) is 10.0 Å². The highest BCUT2D eigenvalue weighted by molar-refractivity contribution is 9.10. The van der Waals surface area contributed by atoms with Crippen LogP contribution in [0.4, 0.5) is 5.88 Å². The van der Waals surface area contributed by atoms with Crippen molar-refractivity contribution in [1.29, 1.82) is 0 Å². The van der Waals surface area contributed by atoms with Crippen LogP contribution in [0.1, 0.15) is 5.56 Å². The van der Waals surface area contributed by atoms with E-state index < -0.39 is 0 Å². The SMILES string of the molecule is Cc1cccc(-c2cnoc2N)c1Br. The van der Waals surface area contributed by atoms with Crippen LogP contribution in [0, 0.1) is 6.92 Å². The summed E-state index contributed by atoms with van der Waals surface area (Å²) in [4.78, 5) is 0. The van der Waals surface area contributed by atoms with E-state index in [9.17, 15) is 0 Å². The Labute approximate surface area is 90.0 Å². The first kappa shape index (κ1) is 9.27. The Morgan fingerprint density at radius 1 is 1.36 bits per heavy atom. The number of hydrogen-bond donors (Lipinski definition) is 1. The lowest BCUT2D eigenvalue weighted by molar-refractivity contribution is 0.436. The first-order valence-corrected chi connectivity index (χ1v) is 4.95. The van der Waals surface area contributed by atoms with Gasteiger partial charge in [0.15, 0.2) is 0 Å². The van der Waals surface area contributed by atoms with E-state index in [0.29, 0.717) is 5.88 Å². The van der Waals surface area contributed by atoms with Crippen molar-refractivity contribution >= 4 is 21.8 Å². The number of benzene rings is 1. The van der Waals surface area contributed by atoms with Crippen LogP contribution < -0.4 is 5.73 Å². The fourth-order valence-electron chi connectivity index (χ4n) is 1.31. The van der Waals surface area contributed by atoms with Gasteiger partial charge in [-0.15, -0.1) is 0 Å². The number of aromatic nitrogens is 1. The summed E-state index contributed by atoms with van der Waals surface area (Å²) in [7, 11) is 0. The molecule has 1 aromatic carbocycles. The molecule has 4 heteroatoms. The topological polar surface area (TPSA) is 52.0 Å². The molecule has 0 fully saturated rings. The molecule has 1 aromatic heterocycles. The van der Waals surface area contributed by atoms with Crippen LogP contribution in [-0.2, 0) is 0 Å². The first-order chi connectivity index (χ1) is 6.70. The largest absolute Gasteiger partial charge is 0.367 e. The van der Waals surface area contributed by atoms with Gasteiger partial charge in [0.1, 0.15) is 0 Å². The van der Waals surface area contributed by atoms with Crippen LogP contribution in [0.5, 0.6) is 0 Å². The second-order valence-electron chi connectivity index (χ2n) is 3.04. The van der Waals surface area contributed by atoms with E-state index in [1.54, 1.807) is 6.20 Å². The number of nitrogens with two attached hydrogens (primary N) is 1. The van der Waals surface area contributed by atoms with Crippen molar-refractivity contribution in [1.82, 2.24) is 5.16 Å². The summed E-state index contributed by atoms with van der Waals surface area (Å²) in [5.41, 5.74) is 8.62. The second kappa shape index (κ2) is 3.46. The van der Waals surface area contributed by atoms with Gasteiger partial charge < -0.3 is 10.3 Å². The highest BCUT2D eigenvalue weighted by Gasteiger charge is 2.10. The molecule has 0 saturated carbocycles. The van der Waals surface area contributed by atoms with Crippen LogP contribution in [-0.4, -0.2) is 5.16 Å². The molecule has 2 N–H and O–H groups in total. The molecule has 0 radical (unpaired) electrons. The van der Waals surface area contributed by atoms with Crippen molar-refractivity contribution in [2.75, 3.05) is 5.73 Å². The van der Waals surface area contributed by atoms with E-state index in [4.69, 9.17) is 10.3 Å². The Hall–Kier alpha value is -1.29. The van der Waals surface area contributed by atoms with Crippen molar-refractivity contribution in [2.45, 2.75) is 6.92 Å². The molecule has 1 heterocycles. The average molecular weight is 253 g/mol. The van der Waals surface area contributed by atoms with Crippen molar-refractivity contribution in [2.24, 2.45) is 0 Å². The summed E-state index contributed by atoms with van der Waals surface area (Å²) >= 11 is 3.51. The molecule has 0 amide bonds. The lowest BCUT2D eigenvalue weighted by Crippen LogP contribution is -1.87. The van der Waals surface area contributed by atoms with Crippen molar-refractivity contribution in [3.63, 3.8) is 0 Å². The third-order valence-electron chi connectivity index (χ3n) is 2.08. The molecule has 0 aliphatic carbocycles. The third-order valence-corrected chi connectivity index (χ3v) is 3.13. The second-order valence-corrected chi connectivity index (χ2v) is 3.83. The number of halogens is 1. The smallest absolute Gasteiger partial charge is 0.229 e. The molecular formula is C10H9BrN2O. The zero-order chi connectivity index (χ0) is 10.1. The molecule has 0 saturated heterocycles. The van der Waals surface area contributed by atoms with Gasteiger partial charge >= 0.3 is 0 Å². The highest BCUT2D eigenvalue weighted by atomic mass is 79.9. The van der Waals surface area contributed by atoms with E-state index in [1.165, 1.54) is 0 Å². The maximum Gasteiger partial charge on any atom is 0.229 e. The Balaban J connectivity index is 2.63. The summed E-state index contributed by atoms with van der Waals surface area (Å²) in [6, 6.07) is 5.97. The van der Waals surface area contributed by atoms with E-state index in [0.717, 1.165) is 21.2 Å². The molecule has 0 unspecified atom stereocenters. The quantitative estimate of drug-likeness (QED) is 0.849. The highest BCUT2D eigenvalue weighted by Crippen LogP contribution is 2.33. The molecule has 0 bridgehead atoms. The molecule has 0 aliphatic rings. The Morgan fingerprint density at radius 3 is 2.79 bits per heavy atom. The van der Waals surface area contributed by atoms with Gasteiger partial charge in [-0.05, 0) is 28.4 Å². The summed E-state index contributed by atoms with van der Waals surface area (Å²) in [5, 5.41) is 3.65. The maximum absolute atomic E-state index is 5.64. The average Bonchev–Trinajstić information content (AvgIpc) is 2.57. The van der Waals surface area contributed by atoms with Gasteiger partial charge in [-0.25, -0.2) is 0 Å². The van der Waals surface area contributed by atoms with Crippen molar-refractivity contribution in [3.8, 4) is 11.1 Å². The molecule has 0 atom stereocenters. The minimum atomic E-state index is 0.344. The minimum absolute atomic E-state index is 0.344. The van der Waals surface area contributed by atoms with Gasteiger partial charge in [0.2, 0.25) is 5.88 Å². The minimum Gasteiger partial charge on any atom is -0.367 e. The molecule has 3 nitrogen and oxygen atoms in total. The number of anilines is 1. The number of aryl methyl sites for hydroxylation is 1. The number of nitrogens with zero attached hydrogens (tertiary/aromatic N) is 1. The molecule has 72 valence electrons. The number of nitrogen functional groups attached to an aromatic ring is 1. The zero-order valence-electron chi connectivity index (χ0n) is 7.62. The zero-order valence-corrected chi connectivity index (χ0v) is 9.21. The number of hydrogen-bond acceptors (Lipinski definition) is 3. The summed E-state index contributed by atoms with van der Waals surface area (Å²) in [6.45, 7) is 2.03. The molecule has 14 heavy (non-hydrogen) atoms. The summed E-state index contributed by atoms with van der Waals surface area (Å²) in [5.74, 6) is 0.344. The molecule has 2 aromatic rings. The van der Waals surface area contributed by atoms with Gasteiger partial charge in [-0.1, -0.05) is 23.4 Å². The Bertz CT molecular complexity index is 465. The van der Waals surface area contributed by atoms with Crippen LogP contribution in [0.25, 0.3) is 11.1 Å². The van der Waals surface area contributed by atoms with Gasteiger partial charge in [-0.3, -0.25) is 0 Å². The van der Waals surface area contributed by atoms with Crippen molar-refractivity contribution in [3.05, 3.63) is 34.4 Å². The maximum atomic E-state index is 5.64. The monoisotopic (exact) mass is 252 g/mol. The molecule has 0 aliphatic heterocycles. The van der Waals surface area contributed by atoms with E-state index >= 15 is 0 Å². The molecule has 0 spiro atoms. The number of rotatable bonds is 1. The lowest BCUT2D eigenvalue weighted by atomic mass is 10.1. The van der Waals surface area contributed by atoms with Gasteiger partial charge in [-0.2, -0.15) is 0 Å². The third kappa shape index (κ3) is 1.42. The van der Waals surface area contributed by atoms with Gasteiger partial charge in [0.25, 0.3) is 0 Å². The molecule has 2 rings (SSSR count). The fourth-order valence-corrected chi connectivity index (χ4v) is 1.78. The van der Waals surface area contributed by atoms with Gasteiger partial charge in [0.05, 0.1) is 11.8 Å². The van der Waals surface area contributed by atoms with Crippen LogP contribution in [0.2, 0.25) is 0 Å². The summed E-state index contributed by atoms with van der Waals surface area (Å²) in [6.07, 6.45) is 1.62. The Morgan fingerprint density at radius 2 is 2.14 bits per heavy atom. The van der Waals surface area contributed by atoms with Crippen LogP contribution >= 0.6 is 15.9 Å². The fraction of sp³-hybridized carbons (Fsp3) is 0.100. The van der Waals surface area contributed by atoms with E-state index in [-0.39, 0.29) is 0 Å². The first-order valence-electron chi connectivity index (χ1n) is 4.16. The summed E-state index contributed by atoms with van der Waals surface area (Å²) < 4.78 is 5.84. The lowest BCUT2D eigenvalue weighted by Gasteiger charge is -2.04. The normalized spacial score (nSPS) is 10.4. The van der Waals surface area contributed by atoms with Crippen molar-refractivity contribution < 1.29 is 4.52 Å². The predicted octanol–water partition coefficient (Wildman–Crippen LogP) is 2.99. The van der Waals surface area contributed by atoms with E-state index in [2.05, 4.69) is 21.1 Å². The Kier molecular flexibility index (Phi) is 2.29. The predicted molar refractivity (Wildman–Crippen MR) is 58.8 cm³/mol. The van der Waals surface area contributed by atoms with Crippen LogP contribution in [0.3, 0.4) is 0 Å². The standard InChI is InChI=1S/C10H9BrN2O/c1-6-3-2-4-7(9(6)11)8-5-13-14-10(8)12/h2-5H,12H2,1H3. The molecular weight excluding hydrogens is 244 g/mol. The van der Waals surface area contributed by atoms with E-state index in [1.807, 2.05) is 25.1 Å². The van der Waals surface area contributed by atoms with Crippen LogP contribution in [0.15, 0.2) is 33.4 Å².